The van der Waals surface area contributed by atoms with Gasteiger partial charge in [-0.25, -0.2) is 13.2 Å². The summed E-state index contributed by atoms with van der Waals surface area (Å²) in [6.07, 6.45) is 1.89. The summed E-state index contributed by atoms with van der Waals surface area (Å²) in [5, 5.41) is 0. The lowest BCUT2D eigenvalue weighted by atomic mass is 10.2. The van der Waals surface area contributed by atoms with Crippen LogP contribution in [0.1, 0.15) is 30.1 Å². The predicted octanol–water partition coefficient (Wildman–Crippen LogP) is 3.75. The van der Waals surface area contributed by atoms with E-state index in [0.29, 0.717) is 16.9 Å². The van der Waals surface area contributed by atoms with E-state index in [4.69, 9.17) is 4.74 Å². The third kappa shape index (κ3) is 5.60. The topological polar surface area (TPSA) is 94.8 Å². The van der Waals surface area contributed by atoms with Crippen LogP contribution in [0.25, 0.3) is 10.2 Å². The number of carbonyl (C=O) groups is 2. The van der Waals surface area contributed by atoms with Crippen molar-refractivity contribution < 1.29 is 22.7 Å². The molecule has 1 heterocycles. The maximum atomic E-state index is 12.5. The number of carbonyl (C=O) groups excluding carboxylic acids is 2. The molecule has 0 atom stereocenters. The first kappa shape index (κ1) is 23.6. The highest BCUT2D eigenvalue weighted by atomic mass is 32.2. The number of amides is 1. The lowest BCUT2D eigenvalue weighted by Crippen LogP contribution is -2.16. The minimum atomic E-state index is -3.44. The van der Waals surface area contributed by atoms with E-state index < -0.39 is 21.7 Å². The summed E-state index contributed by atoms with van der Waals surface area (Å²) in [5.74, 6) is -0.934. The molecule has 9 heteroatoms. The van der Waals surface area contributed by atoms with Gasteiger partial charge in [-0.1, -0.05) is 35.6 Å². The van der Waals surface area contributed by atoms with Gasteiger partial charge in [-0.05, 0) is 43.7 Å². The Morgan fingerprint density at radius 3 is 2.62 bits per heavy atom. The molecular formula is C23H24N2O5S2. The van der Waals surface area contributed by atoms with Gasteiger partial charge in [0, 0.05) is 13.0 Å². The number of esters is 1. The molecule has 168 valence electrons. The number of ether oxygens (including phenoxy) is 1. The van der Waals surface area contributed by atoms with Crippen molar-refractivity contribution in [3.05, 3.63) is 71.6 Å². The molecule has 3 aromatic rings. The summed E-state index contributed by atoms with van der Waals surface area (Å²) in [6.45, 7) is 6.22. The highest BCUT2D eigenvalue weighted by molar-refractivity contribution is 7.91. The Balaban J connectivity index is 1.80. The van der Waals surface area contributed by atoms with Gasteiger partial charge in [0.15, 0.2) is 14.6 Å². The monoisotopic (exact) mass is 472 g/mol. The number of allylic oxidation sites excluding steroid dienone is 1. The van der Waals surface area contributed by atoms with Crippen LogP contribution in [0.5, 0.6) is 0 Å². The maximum absolute atomic E-state index is 12.5. The third-order valence-electron chi connectivity index (χ3n) is 4.63. The van der Waals surface area contributed by atoms with Crippen LogP contribution in [0.15, 0.2) is 71.1 Å². The van der Waals surface area contributed by atoms with Gasteiger partial charge in [0.05, 0.1) is 33.0 Å². The smallest absolute Gasteiger partial charge is 0.338 e. The second kappa shape index (κ2) is 10.5. The van der Waals surface area contributed by atoms with E-state index in [1.54, 1.807) is 61.5 Å². The van der Waals surface area contributed by atoms with Gasteiger partial charge in [-0.15, -0.1) is 6.58 Å². The van der Waals surface area contributed by atoms with Gasteiger partial charge >= 0.3 is 5.97 Å². The molecule has 0 fully saturated rings. The lowest BCUT2D eigenvalue weighted by Gasteiger charge is -2.04. The molecule has 1 aromatic heterocycles. The zero-order valence-corrected chi connectivity index (χ0v) is 19.3. The Morgan fingerprint density at radius 1 is 1.19 bits per heavy atom. The van der Waals surface area contributed by atoms with Crippen molar-refractivity contribution in [3.8, 4) is 0 Å². The van der Waals surface area contributed by atoms with Crippen molar-refractivity contribution in [2.24, 2.45) is 4.99 Å². The molecule has 2 aromatic carbocycles. The van der Waals surface area contributed by atoms with Gasteiger partial charge in [-0.3, -0.25) is 4.79 Å². The van der Waals surface area contributed by atoms with E-state index in [2.05, 4.69) is 11.6 Å². The molecule has 0 aliphatic carbocycles. The summed E-state index contributed by atoms with van der Waals surface area (Å²) in [5.41, 5.74) is 1.25. The number of hydrogen-bond donors (Lipinski definition) is 0. The Kier molecular flexibility index (Phi) is 7.76. The first-order chi connectivity index (χ1) is 15.4. The number of benzene rings is 2. The zero-order valence-electron chi connectivity index (χ0n) is 17.7. The fourth-order valence-corrected chi connectivity index (χ4v) is 5.55. The van der Waals surface area contributed by atoms with Crippen LogP contribution in [-0.2, 0) is 25.9 Å². The molecule has 1 amide bonds. The fraction of sp³-hybridized carbons (Fsp3) is 0.261. The van der Waals surface area contributed by atoms with Gasteiger partial charge in [0.1, 0.15) is 0 Å². The number of hydrogen-bond acceptors (Lipinski definition) is 6. The molecule has 0 aliphatic heterocycles. The summed E-state index contributed by atoms with van der Waals surface area (Å²) in [4.78, 5) is 29.4. The van der Waals surface area contributed by atoms with Crippen molar-refractivity contribution in [2.75, 3.05) is 12.4 Å². The summed E-state index contributed by atoms with van der Waals surface area (Å²) >= 11 is 1.28. The minimum Gasteiger partial charge on any atom is -0.462 e. The van der Waals surface area contributed by atoms with Crippen molar-refractivity contribution in [2.45, 2.75) is 31.2 Å². The van der Waals surface area contributed by atoms with E-state index in [9.17, 15) is 18.0 Å². The Bertz CT molecular complexity index is 1310. The molecule has 0 unspecified atom stereocenters. The molecule has 3 rings (SSSR count). The van der Waals surface area contributed by atoms with Crippen molar-refractivity contribution in [1.82, 2.24) is 4.57 Å². The van der Waals surface area contributed by atoms with Crippen LogP contribution in [0.4, 0.5) is 0 Å². The SMILES string of the molecule is C=CCn1c(=NC(=O)CCCS(=O)(=O)c2ccccc2)sc2cc(C(=O)OCC)ccc21. The summed E-state index contributed by atoms with van der Waals surface area (Å²) in [7, 11) is -3.44. The van der Waals surface area contributed by atoms with Crippen LogP contribution in [-0.4, -0.2) is 37.2 Å². The number of fused-ring (bicyclic) bond motifs is 1. The molecule has 7 nitrogen and oxygen atoms in total. The zero-order chi connectivity index (χ0) is 23.1. The van der Waals surface area contributed by atoms with Crippen LogP contribution >= 0.6 is 11.3 Å². The quantitative estimate of drug-likeness (QED) is 0.349. The Morgan fingerprint density at radius 2 is 1.94 bits per heavy atom. The summed E-state index contributed by atoms with van der Waals surface area (Å²) in [6, 6.07) is 13.3. The van der Waals surface area contributed by atoms with Crippen molar-refractivity contribution in [3.63, 3.8) is 0 Å². The second-order valence-corrected chi connectivity index (χ2v) is 10.0. The molecular weight excluding hydrogens is 448 g/mol. The van der Waals surface area contributed by atoms with Gasteiger partial charge in [0.25, 0.3) is 0 Å². The third-order valence-corrected chi connectivity index (χ3v) is 7.49. The largest absolute Gasteiger partial charge is 0.462 e. The Hall–Kier alpha value is -3.04. The summed E-state index contributed by atoms with van der Waals surface area (Å²) < 4.78 is 32.4. The molecule has 0 aliphatic rings. The second-order valence-electron chi connectivity index (χ2n) is 6.93. The van der Waals surface area contributed by atoms with E-state index in [1.807, 2.05) is 4.57 Å². The molecule has 0 bridgehead atoms. The number of sulfone groups is 1. The first-order valence-corrected chi connectivity index (χ1v) is 12.6. The molecule has 0 saturated heterocycles. The number of nitrogens with zero attached hydrogens (tertiary/aromatic N) is 2. The maximum Gasteiger partial charge on any atom is 0.338 e. The van der Waals surface area contributed by atoms with E-state index in [0.717, 1.165) is 10.2 Å². The number of aromatic nitrogens is 1. The van der Waals surface area contributed by atoms with Crippen LogP contribution in [0.2, 0.25) is 0 Å². The van der Waals surface area contributed by atoms with Gasteiger partial charge in [0.2, 0.25) is 5.91 Å². The number of thiazole rings is 1. The van der Waals surface area contributed by atoms with Gasteiger partial charge in [-0.2, -0.15) is 4.99 Å². The average Bonchev–Trinajstić information content (AvgIpc) is 3.10. The predicted molar refractivity (Wildman–Crippen MR) is 124 cm³/mol. The van der Waals surface area contributed by atoms with Crippen LogP contribution in [0, 0.1) is 0 Å². The molecule has 0 saturated carbocycles. The van der Waals surface area contributed by atoms with Crippen molar-refractivity contribution in [1.29, 1.82) is 0 Å². The fourth-order valence-electron chi connectivity index (χ4n) is 3.13. The Labute approximate surface area is 190 Å². The normalized spacial score (nSPS) is 12.1. The molecule has 32 heavy (non-hydrogen) atoms. The lowest BCUT2D eigenvalue weighted by molar-refractivity contribution is -0.118. The number of rotatable bonds is 9. The van der Waals surface area contributed by atoms with E-state index in [-0.39, 0.29) is 30.1 Å². The van der Waals surface area contributed by atoms with Crippen molar-refractivity contribution >= 4 is 43.3 Å². The standard InChI is InChI=1S/C23H24N2O5S2/c1-3-14-25-19-13-12-17(22(27)30-4-2)16-20(19)31-23(25)24-21(26)11-8-15-32(28,29)18-9-6-5-7-10-18/h3,5-7,9-10,12-13,16H,1,4,8,11,14-15H2,2H3. The highest BCUT2D eigenvalue weighted by Crippen LogP contribution is 2.20. The first-order valence-electron chi connectivity index (χ1n) is 10.1. The van der Waals surface area contributed by atoms with E-state index in [1.165, 1.54) is 11.3 Å². The molecule has 0 N–H and O–H groups in total. The highest BCUT2D eigenvalue weighted by Gasteiger charge is 2.15. The van der Waals surface area contributed by atoms with Crippen LogP contribution < -0.4 is 4.80 Å². The molecule has 0 radical (unpaired) electrons. The average molecular weight is 473 g/mol. The van der Waals surface area contributed by atoms with Crippen LogP contribution in [0.3, 0.4) is 0 Å². The van der Waals surface area contributed by atoms with E-state index >= 15 is 0 Å². The minimum absolute atomic E-state index is 0.0163. The molecule has 0 spiro atoms. The van der Waals surface area contributed by atoms with Gasteiger partial charge < -0.3 is 9.30 Å².